The van der Waals surface area contributed by atoms with Crippen LogP contribution in [0.5, 0.6) is 0 Å². The van der Waals surface area contributed by atoms with Crippen LogP contribution in [0, 0.1) is 20.8 Å². The highest BCUT2D eigenvalue weighted by Gasteiger charge is 2.25. The Morgan fingerprint density at radius 3 is 2.53 bits per heavy atom. The van der Waals surface area contributed by atoms with Crippen LogP contribution in [-0.4, -0.2) is 32.3 Å². The van der Waals surface area contributed by atoms with Crippen molar-refractivity contribution in [3.05, 3.63) is 98.9 Å². The van der Waals surface area contributed by atoms with E-state index in [1.165, 1.54) is 11.1 Å². The van der Waals surface area contributed by atoms with Crippen molar-refractivity contribution in [3.63, 3.8) is 0 Å². The third-order valence-corrected chi connectivity index (χ3v) is 7.09. The van der Waals surface area contributed by atoms with Crippen LogP contribution in [0.25, 0.3) is 0 Å². The molecule has 3 heterocycles. The number of nitrogens with zero attached hydrogens (tertiary/aromatic N) is 4. The van der Waals surface area contributed by atoms with E-state index in [1.807, 2.05) is 49.1 Å². The minimum atomic E-state index is 0.0663. The Bertz CT molecular complexity index is 1330. The molecule has 6 nitrogen and oxygen atoms in total. The van der Waals surface area contributed by atoms with Crippen molar-refractivity contribution in [1.29, 1.82) is 0 Å². The van der Waals surface area contributed by atoms with Crippen LogP contribution in [0.2, 0.25) is 0 Å². The van der Waals surface area contributed by atoms with Crippen molar-refractivity contribution >= 4 is 28.2 Å². The minimum Gasteiger partial charge on any atom is -0.333 e. The van der Waals surface area contributed by atoms with Gasteiger partial charge in [-0.3, -0.25) is 4.79 Å². The molecular weight excluding hydrogens is 442 g/mol. The lowest BCUT2D eigenvalue weighted by Gasteiger charge is -2.26. The molecule has 172 valence electrons. The number of nitrogens with one attached hydrogen (secondary N) is 1. The molecule has 0 fully saturated rings. The van der Waals surface area contributed by atoms with E-state index in [-0.39, 0.29) is 5.91 Å². The van der Waals surface area contributed by atoms with Gasteiger partial charge in [-0.05, 0) is 38.5 Å². The summed E-state index contributed by atoms with van der Waals surface area (Å²) in [5.41, 5.74) is 6.29. The van der Waals surface area contributed by atoms with E-state index in [4.69, 9.17) is 9.97 Å². The molecule has 0 radical (unpaired) electrons. The van der Waals surface area contributed by atoms with Crippen LogP contribution in [-0.2, 0) is 19.4 Å². The molecule has 0 unspecified atom stereocenters. The number of fused-ring (bicyclic) bond motifs is 1. The van der Waals surface area contributed by atoms with Crippen LogP contribution in [0.4, 0.5) is 10.9 Å². The van der Waals surface area contributed by atoms with Crippen molar-refractivity contribution < 1.29 is 4.79 Å². The molecule has 0 bridgehead atoms. The average molecular weight is 470 g/mol. The number of hydrogen-bond donors (Lipinski definition) is 1. The van der Waals surface area contributed by atoms with Crippen LogP contribution in [0.3, 0.4) is 0 Å². The van der Waals surface area contributed by atoms with Crippen molar-refractivity contribution in [2.45, 2.75) is 40.2 Å². The monoisotopic (exact) mass is 469 g/mol. The van der Waals surface area contributed by atoms with Crippen molar-refractivity contribution in [2.75, 3.05) is 11.9 Å². The summed E-state index contributed by atoms with van der Waals surface area (Å²) in [5.74, 6) is 1.60. The van der Waals surface area contributed by atoms with Gasteiger partial charge in [0.1, 0.15) is 11.6 Å². The van der Waals surface area contributed by atoms with Gasteiger partial charge in [-0.1, -0.05) is 59.4 Å². The molecule has 4 aromatic rings. The summed E-state index contributed by atoms with van der Waals surface area (Å²) in [7, 11) is 0. The number of carbonyl (C=O) groups is 1. The highest BCUT2D eigenvalue weighted by molar-refractivity contribution is 7.15. The first-order valence-corrected chi connectivity index (χ1v) is 12.3. The van der Waals surface area contributed by atoms with Crippen molar-refractivity contribution in [1.82, 2.24) is 19.9 Å². The second-order valence-corrected chi connectivity index (χ2v) is 9.79. The minimum absolute atomic E-state index is 0.0663. The summed E-state index contributed by atoms with van der Waals surface area (Å²) >= 11 is 1.60. The highest BCUT2D eigenvalue weighted by Crippen LogP contribution is 2.32. The van der Waals surface area contributed by atoms with Crippen LogP contribution in [0.15, 0.2) is 54.6 Å². The Hall–Kier alpha value is -3.58. The maximum Gasteiger partial charge on any atom is 0.254 e. The van der Waals surface area contributed by atoms with Gasteiger partial charge in [0.2, 0.25) is 0 Å². The van der Waals surface area contributed by atoms with E-state index < -0.39 is 0 Å². The topological polar surface area (TPSA) is 71.0 Å². The van der Waals surface area contributed by atoms with Gasteiger partial charge in [0.25, 0.3) is 5.91 Å². The number of amides is 1. The van der Waals surface area contributed by atoms with Gasteiger partial charge < -0.3 is 10.2 Å². The molecule has 7 heteroatoms. The first-order chi connectivity index (χ1) is 16.5. The molecule has 0 saturated heterocycles. The number of hydrogen-bond acceptors (Lipinski definition) is 6. The Morgan fingerprint density at radius 1 is 1.00 bits per heavy atom. The average Bonchev–Trinajstić information content (AvgIpc) is 3.24. The third-order valence-electron chi connectivity index (χ3n) is 6.09. The molecule has 2 aromatic heterocycles. The standard InChI is InChI=1S/C27H27N5OS/c1-17-9-11-20(12-10-17)15-22-18(2)28-19(3)29-25(22)31-27-30-23-13-14-32(16-24(23)34-27)26(33)21-7-5-4-6-8-21/h4-12H,13-16H2,1-3H3,(H,28,29,30,31). The van der Waals surface area contributed by atoms with Gasteiger partial charge >= 0.3 is 0 Å². The van der Waals surface area contributed by atoms with E-state index in [1.54, 1.807) is 11.3 Å². The van der Waals surface area contributed by atoms with Crippen LogP contribution in [0.1, 0.15) is 49.1 Å². The first kappa shape index (κ1) is 22.2. The Morgan fingerprint density at radius 2 is 1.76 bits per heavy atom. The lowest BCUT2D eigenvalue weighted by atomic mass is 10.0. The SMILES string of the molecule is Cc1ccc(Cc2c(C)nc(C)nc2Nc2nc3c(s2)CN(C(=O)c2ccccc2)CC3)cc1. The number of aryl methyl sites for hydroxylation is 3. The van der Waals surface area contributed by atoms with Gasteiger partial charge in [0.15, 0.2) is 5.13 Å². The fourth-order valence-corrected chi connectivity index (χ4v) is 5.27. The van der Waals surface area contributed by atoms with E-state index in [9.17, 15) is 4.79 Å². The zero-order valence-electron chi connectivity index (χ0n) is 19.6. The number of anilines is 2. The van der Waals surface area contributed by atoms with Gasteiger partial charge in [-0.15, -0.1) is 0 Å². The molecule has 1 aliphatic heterocycles. The quantitative estimate of drug-likeness (QED) is 0.424. The largest absolute Gasteiger partial charge is 0.333 e. The molecule has 0 spiro atoms. The Kier molecular flexibility index (Phi) is 6.11. The molecule has 1 aliphatic rings. The lowest BCUT2D eigenvalue weighted by molar-refractivity contribution is 0.0736. The van der Waals surface area contributed by atoms with E-state index in [2.05, 4.69) is 41.5 Å². The second-order valence-electron chi connectivity index (χ2n) is 8.70. The van der Waals surface area contributed by atoms with E-state index in [0.29, 0.717) is 13.1 Å². The number of aromatic nitrogens is 3. The molecule has 5 rings (SSSR count). The number of thiazole rings is 1. The summed E-state index contributed by atoms with van der Waals surface area (Å²) in [6.07, 6.45) is 1.50. The van der Waals surface area contributed by atoms with Gasteiger partial charge in [0, 0.05) is 41.1 Å². The fourth-order valence-electron chi connectivity index (χ4n) is 4.25. The Balaban J connectivity index is 1.37. The smallest absolute Gasteiger partial charge is 0.254 e. The molecule has 0 aliphatic carbocycles. The summed E-state index contributed by atoms with van der Waals surface area (Å²) in [5, 5.41) is 4.28. The summed E-state index contributed by atoms with van der Waals surface area (Å²) in [4.78, 5) is 30.1. The van der Waals surface area contributed by atoms with Gasteiger partial charge in [0.05, 0.1) is 12.2 Å². The number of benzene rings is 2. The zero-order valence-corrected chi connectivity index (χ0v) is 20.4. The molecule has 2 aromatic carbocycles. The van der Waals surface area contributed by atoms with Crippen LogP contribution < -0.4 is 5.32 Å². The fraction of sp³-hybridized carbons (Fsp3) is 0.259. The summed E-state index contributed by atoms with van der Waals surface area (Å²) in [6.45, 7) is 7.29. The van der Waals surface area contributed by atoms with E-state index >= 15 is 0 Å². The third kappa shape index (κ3) is 4.70. The number of rotatable bonds is 5. The van der Waals surface area contributed by atoms with Crippen molar-refractivity contribution in [3.8, 4) is 0 Å². The molecule has 0 saturated carbocycles. The predicted molar refractivity (Wildman–Crippen MR) is 136 cm³/mol. The summed E-state index contributed by atoms with van der Waals surface area (Å²) in [6, 6.07) is 18.0. The zero-order chi connectivity index (χ0) is 23.7. The lowest BCUT2D eigenvalue weighted by Crippen LogP contribution is -2.35. The summed E-state index contributed by atoms with van der Waals surface area (Å²) < 4.78 is 0. The molecule has 34 heavy (non-hydrogen) atoms. The number of carbonyl (C=O) groups excluding carboxylic acids is 1. The molecule has 0 atom stereocenters. The normalized spacial score (nSPS) is 13.0. The highest BCUT2D eigenvalue weighted by atomic mass is 32.1. The molecular formula is C27H27N5OS. The maximum absolute atomic E-state index is 12.9. The van der Waals surface area contributed by atoms with Gasteiger partial charge in [-0.25, -0.2) is 15.0 Å². The second kappa shape index (κ2) is 9.35. The van der Waals surface area contributed by atoms with Gasteiger partial charge in [-0.2, -0.15) is 0 Å². The van der Waals surface area contributed by atoms with E-state index in [0.717, 1.165) is 57.0 Å². The Labute approximate surface area is 203 Å². The van der Waals surface area contributed by atoms with Crippen molar-refractivity contribution in [2.24, 2.45) is 0 Å². The van der Waals surface area contributed by atoms with Crippen LogP contribution >= 0.6 is 11.3 Å². The first-order valence-electron chi connectivity index (χ1n) is 11.5. The molecule has 1 amide bonds. The maximum atomic E-state index is 12.9. The predicted octanol–water partition coefficient (Wildman–Crippen LogP) is 5.39. The molecule has 1 N–H and O–H groups in total.